The van der Waals surface area contributed by atoms with Crippen LogP contribution >= 0.6 is 27.3 Å². The highest BCUT2D eigenvalue weighted by Gasteiger charge is 2.00. The molecule has 0 unspecified atom stereocenters. The van der Waals surface area contributed by atoms with Gasteiger partial charge in [-0.15, -0.1) is 11.3 Å². The molecule has 72 valence electrons. The highest BCUT2D eigenvalue weighted by Crippen LogP contribution is 2.08. The lowest BCUT2D eigenvalue weighted by molar-refractivity contribution is 0.751. The minimum Gasteiger partial charge on any atom is -0.308 e. The first kappa shape index (κ1) is 9.61. The summed E-state index contributed by atoms with van der Waals surface area (Å²) in [7, 11) is 0. The summed E-state index contributed by atoms with van der Waals surface area (Å²) in [5.41, 5.74) is -0.0107. The number of hydrogen-bond acceptors (Lipinski definition) is 3. The van der Waals surface area contributed by atoms with Gasteiger partial charge >= 0.3 is 0 Å². The van der Waals surface area contributed by atoms with E-state index in [-0.39, 0.29) is 5.56 Å². The van der Waals surface area contributed by atoms with Crippen molar-refractivity contribution < 1.29 is 0 Å². The maximum Gasteiger partial charge on any atom is 0.250 e. The maximum atomic E-state index is 11.4. The lowest BCUT2D eigenvalue weighted by Gasteiger charge is -2.02. The molecule has 0 fully saturated rings. The van der Waals surface area contributed by atoms with E-state index in [4.69, 9.17) is 0 Å². The molecule has 0 N–H and O–H groups in total. The van der Waals surface area contributed by atoms with Gasteiger partial charge < -0.3 is 4.57 Å². The molecule has 0 radical (unpaired) electrons. The van der Waals surface area contributed by atoms with Crippen LogP contribution in [0, 0.1) is 0 Å². The van der Waals surface area contributed by atoms with Crippen LogP contribution in [0.3, 0.4) is 0 Å². The van der Waals surface area contributed by atoms with Gasteiger partial charge in [0.05, 0.1) is 6.54 Å². The molecule has 0 saturated heterocycles. The van der Waals surface area contributed by atoms with Gasteiger partial charge in [-0.25, -0.2) is 4.98 Å². The SMILES string of the molecule is O=c1ccc(Br)cn1Cc1nccs1. The van der Waals surface area contributed by atoms with Crippen molar-refractivity contribution in [1.29, 1.82) is 0 Å². The van der Waals surface area contributed by atoms with Gasteiger partial charge in [0.2, 0.25) is 0 Å². The van der Waals surface area contributed by atoms with E-state index in [0.717, 1.165) is 9.48 Å². The number of rotatable bonds is 2. The van der Waals surface area contributed by atoms with E-state index in [1.54, 1.807) is 34.4 Å². The van der Waals surface area contributed by atoms with E-state index < -0.39 is 0 Å². The Bertz CT molecular complexity index is 478. The molecule has 0 aliphatic heterocycles. The lowest BCUT2D eigenvalue weighted by Crippen LogP contribution is -2.18. The lowest BCUT2D eigenvalue weighted by atomic mass is 10.4. The third kappa shape index (κ3) is 2.10. The normalized spacial score (nSPS) is 10.4. The Morgan fingerprint density at radius 3 is 3.07 bits per heavy atom. The molecule has 2 heterocycles. The van der Waals surface area contributed by atoms with Gasteiger partial charge in [-0.3, -0.25) is 4.79 Å². The number of hydrogen-bond donors (Lipinski definition) is 0. The molecular weight excluding hydrogens is 264 g/mol. The Balaban J connectivity index is 2.33. The first-order chi connectivity index (χ1) is 6.75. The number of thiazole rings is 1. The van der Waals surface area contributed by atoms with Crippen LogP contribution < -0.4 is 5.56 Å². The Morgan fingerprint density at radius 1 is 1.50 bits per heavy atom. The van der Waals surface area contributed by atoms with Crippen LogP contribution in [0.1, 0.15) is 5.01 Å². The number of halogens is 1. The van der Waals surface area contributed by atoms with Crippen molar-refractivity contribution in [2.24, 2.45) is 0 Å². The summed E-state index contributed by atoms with van der Waals surface area (Å²) < 4.78 is 2.52. The number of aromatic nitrogens is 2. The molecule has 5 heteroatoms. The Morgan fingerprint density at radius 2 is 2.36 bits per heavy atom. The number of pyridine rings is 1. The predicted octanol–water partition coefficient (Wildman–Crippen LogP) is 2.12. The third-order valence-corrected chi connectivity index (χ3v) is 2.97. The van der Waals surface area contributed by atoms with E-state index in [9.17, 15) is 4.79 Å². The van der Waals surface area contributed by atoms with Crippen molar-refractivity contribution in [3.8, 4) is 0 Å². The van der Waals surface area contributed by atoms with Crippen LogP contribution in [-0.4, -0.2) is 9.55 Å². The van der Waals surface area contributed by atoms with Gasteiger partial charge in [0.1, 0.15) is 5.01 Å². The zero-order valence-electron chi connectivity index (χ0n) is 7.18. The molecule has 0 bridgehead atoms. The average molecular weight is 271 g/mol. The van der Waals surface area contributed by atoms with E-state index in [1.807, 2.05) is 5.38 Å². The van der Waals surface area contributed by atoms with Gasteiger partial charge in [0.15, 0.2) is 0 Å². The smallest absolute Gasteiger partial charge is 0.250 e. The van der Waals surface area contributed by atoms with Crippen LogP contribution in [-0.2, 0) is 6.54 Å². The maximum absolute atomic E-state index is 11.4. The zero-order chi connectivity index (χ0) is 9.97. The summed E-state index contributed by atoms with van der Waals surface area (Å²) in [6.07, 6.45) is 3.51. The van der Waals surface area contributed by atoms with E-state index in [1.165, 1.54) is 6.07 Å². The van der Waals surface area contributed by atoms with Gasteiger partial charge in [0, 0.05) is 28.3 Å². The molecule has 2 aromatic rings. The fraction of sp³-hybridized carbons (Fsp3) is 0.111. The van der Waals surface area contributed by atoms with Crippen LogP contribution in [0.15, 0.2) is 39.2 Å². The molecule has 0 saturated carbocycles. The fourth-order valence-electron chi connectivity index (χ4n) is 1.10. The predicted molar refractivity (Wildman–Crippen MR) is 59.6 cm³/mol. The van der Waals surface area contributed by atoms with Crippen molar-refractivity contribution >= 4 is 27.3 Å². The molecule has 0 aromatic carbocycles. The van der Waals surface area contributed by atoms with Crippen LogP contribution in [0.5, 0.6) is 0 Å². The molecule has 3 nitrogen and oxygen atoms in total. The van der Waals surface area contributed by atoms with Crippen LogP contribution in [0.2, 0.25) is 0 Å². The van der Waals surface area contributed by atoms with Crippen LogP contribution in [0.25, 0.3) is 0 Å². The highest BCUT2D eigenvalue weighted by molar-refractivity contribution is 9.10. The topological polar surface area (TPSA) is 34.9 Å². The van der Waals surface area contributed by atoms with Gasteiger partial charge in [-0.05, 0) is 22.0 Å². The Kier molecular flexibility index (Phi) is 2.79. The molecular formula is C9H7BrN2OS. The molecule has 0 spiro atoms. The Labute approximate surface area is 93.2 Å². The number of nitrogens with zero attached hydrogens (tertiary/aromatic N) is 2. The van der Waals surface area contributed by atoms with E-state index >= 15 is 0 Å². The molecule has 0 aliphatic rings. The second-order valence-corrected chi connectivity index (χ2v) is 4.63. The zero-order valence-corrected chi connectivity index (χ0v) is 9.59. The summed E-state index contributed by atoms with van der Waals surface area (Å²) in [6, 6.07) is 3.28. The average Bonchev–Trinajstić information content (AvgIpc) is 2.64. The first-order valence-electron chi connectivity index (χ1n) is 4.00. The highest BCUT2D eigenvalue weighted by atomic mass is 79.9. The minimum absolute atomic E-state index is 0.0107. The van der Waals surface area contributed by atoms with E-state index in [2.05, 4.69) is 20.9 Å². The molecule has 0 amide bonds. The van der Waals surface area contributed by atoms with Crippen molar-refractivity contribution in [1.82, 2.24) is 9.55 Å². The third-order valence-electron chi connectivity index (χ3n) is 1.74. The molecule has 14 heavy (non-hydrogen) atoms. The standard InChI is InChI=1S/C9H7BrN2OS/c10-7-1-2-9(13)12(5-7)6-8-11-3-4-14-8/h1-5H,6H2. The van der Waals surface area contributed by atoms with Crippen LogP contribution in [0.4, 0.5) is 0 Å². The molecule has 2 aromatic heterocycles. The Hall–Kier alpha value is -0.940. The van der Waals surface area contributed by atoms with Crippen molar-refractivity contribution in [2.75, 3.05) is 0 Å². The molecule has 0 atom stereocenters. The summed E-state index contributed by atoms with van der Waals surface area (Å²) in [6.45, 7) is 0.538. The summed E-state index contributed by atoms with van der Waals surface area (Å²) in [4.78, 5) is 15.5. The minimum atomic E-state index is -0.0107. The molecule has 0 aliphatic carbocycles. The van der Waals surface area contributed by atoms with E-state index in [0.29, 0.717) is 6.54 Å². The monoisotopic (exact) mass is 270 g/mol. The first-order valence-corrected chi connectivity index (χ1v) is 5.67. The summed E-state index contributed by atoms with van der Waals surface area (Å²) >= 11 is 4.87. The van der Waals surface area contributed by atoms with Gasteiger partial charge in [-0.1, -0.05) is 0 Å². The largest absolute Gasteiger partial charge is 0.308 e. The van der Waals surface area contributed by atoms with Gasteiger partial charge in [0.25, 0.3) is 5.56 Å². The molecule has 2 rings (SSSR count). The van der Waals surface area contributed by atoms with Gasteiger partial charge in [-0.2, -0.15) is 0 Å². The second kappa shape index (κ2) is 4.06. The van der Waals surface area contributed by atoms with Crippen molar-refractivity contribution in [2.45, 2.75) is 6.54 Å². The van der Waals surface area contributed by atoms with Crippen molar-refractivity contribution in [3.63, 3.8) is 0 Å². The van der Waals surface area contributed by atoms with Crippen molar-refractivity contribution in [3.05, 3.63) is 49.7 Å². The summed E-state index contributed by atoms with van der Waals surface area (Å²) in [5.74, 6) is 0. The summed E-state index contributed by atoms with van der Waals surface area (Å²) in [5, 5.41) is 2.84. The second-order valence-electron chi connectivity index (χ2n) is 2.74. The quantitative estimate of drug-likeness (QED) is 0.838. The fourth-order valence-corrected chi connectivity index (χ4v) is 2.10.